The second-order valence-electron chi connectivity index (χ2n) is 5.08. The number of fused-ring (bicyclic) bond motifs is 1. The third-order valence-corrected chi connectivity index (χ3v) is 3.26. The zero-order chi connectivity index (χ0) is 14.3. The third kappa shape index (κ3) is 2.26. The highest BCUT2D eigenvalue weighted by molar-refractivity contribution is 6.29. The summed E-state index contributed by atoms with van der Waals surface area (Å²) in [6.07, 6.45) is 6.67. The highest BCUT2D eigenvalue weighted by Gasteiger charge is 2.17. The van der Waals surface area contributed by atoms with Crippen LogP contribution in [0.15, 0.2) is 36.9 Å². The molecule has 5 nitrogen and oxygen atoms in total. The van der Waals surface area contributed by atoms with E-state index in [0.29, 0.717) is 10.8 Å². The highest BCUT2D eigenvalue weighted by Crippen LogP contribution is 2.24. The molecule has 3 heterocycles. The lowest BCUT2D eigenvalue weighted by atomic mass is 10.0. The van der Waals surface area contributed by atoms with E-state index < -0.39 is 5.60 Å². The summed E-state index contributed by atoms with van der Waals surface area (Å²) in [6.45, 7) is 3.48. The van der Waals surface area contributed by atoms with Gasteiger partial charge in [-0.05, 0) is 25.5 Å². The molecular formula is C14H13ClN4O. The predicted octanol–water partition coefficient (Wildman–Crippen LogP) is 2.67. The molecule has 0 aliphatic heterocycles. The molecule has 0 spiro atoms. The molecule has 3 rings (SSSR count). The molecule has 0 bridgehead atoms. The fourth-order valence-corrected chi connectivity index (χ4v) is 2.14. The van der Waals surface area contributed by atoms with Gasteiger partial charge in [-0.1, -0.05) is 17.7 Å². The zero-order valence-corrected chi connectivity index (χ0v) is 11.8. The summed E-state index contributed by atoms with van der Waals surface area (Å²) >= 11 is 5.87. The number of imidazole rings is 1. The van der Waals surface area contributed by atoms with Crippen LogP contribution < -0.4 is 0 Å². The minimum absolute atomic E-state index is 0.330. The monoisotopic (exact) mass is 288 g/mol. The van der Waals surface area contributed by atoms with Gasteiger partial charge in [0, 0.05) is 6.20 Å². The second kappa shape index (κ2) is 4.54. The molecule has 0 aliphatic carbocycles. The number of aliphatic hydroxyl groups is 1. The van der Waals surface area contributed by atoms with E-state index >= 15 is 0 Å². The SMILES string of the molecule is CC(C)(O)c1ccc2ncc(-c3cncc(Cl)n3)n2c1. The van der Waals surface area contributed by atoms with Gasteiger partial charge in [-0.2, -0.15) is 0 Å². The van der Waals surface area contributed by atoms with Gasteiger partial charge in [0.05, 0.1) is 29.9 Å². The summed E-state index contributed by atoms with van der Waals surface area (Å²) in [7, 11) is 0. The van der Waals surface area contributed by atoms with Gasteiger partial charge in [0.1, 0.15) is 16.5 Å². The largest absolute Gasteiger partial charge is 0.386 e. The van der Waals surface area contributed by atoms with Crippen LogP contribution in [0.1, 0.15) is 19.4 Å². The Bertz CT molecular complexity index is 776. The first-order valence-electron chi connectivity index (χ1n) is 6.13. The number of rotatable bonds is 2. The van der Waals surface area contributed by atoms with Crippen molar-refractivity contribution in [3.8, 4) is 11.4 Å². The van der Waals surface area contributed by atoms with Gasteiger partial charge in [-0.25, -0.2) is 9.97 Å². The number of pyridine rings is 1. The van der Waals surface area contributed by atoms with E-state index in [1.54, 1.807) is 26.2 Å². The number of aromatic nitrogens is 4. The van der Waals surface area contributed by atoms with Crippen LogP contribution in [0.3, 0.4) is 0 Å². The molecule has 0 radical (unpaired) electrons. The summed E-state index contributed by atoms with van der Waals surface area (Å²) in [5.41, 5.74) is 2.06. The molecule has 0 fully saturated rings. The summed E-state index contributed by atoms with van der Waals surface area (Å²) in [6, 6.07) is 3.71. The first-order chi connectivity index (χ1) is 9.45. The molecule has 1 N–H and O–H groups in total. The van der Waals surface area contributed by atoms with Gasteiger partial charge < -0.3 is 5.11 Å². The van der Waals surface area contributed by atoms with Gasteiger partial charge in [0.25, 0.3) is 0 Å². The number of halogens is 1. The van der Waals surface area contributed by atoms with Gasteiger partial charge in [-0.15, -0.1) is 0 Å². The van der Waals surface area contributed by atoms with Crippen molar-refractivity contribution >= 4 is 17.2 Å². The molecule has 6 heteroatoms. The van der Waals surface area contributed by atoms with E-state index in [1.807, 2.05) is 22.7 Å². The summed E-state index contributed by atoms with van der Waals surface area (Å²) in [4.78, 5) is 12.6. The second-order valence-corrected chi connectivity index (χ2v) is 5.46. The first kappa shape index (κ1) is 13.0. The summed E-state index contributed by atoms with van der Waals surface area (Å²) < 4.78 is 1.87. The van der Waals surface area contributed by atoms with Crippen molar-refractivity contribution in [1.82, 2.24) is 19.4 Å². The highest BCUT2D eigenvalue weighted by atomic mass is 35.5. The summed E-state index contributed by atoms with van der Waals surface area (Å²) in [5.74, 6) is 0. The first-order valence-corrected chi connectivity index (χ1v) is 6.51. The Hall–Kier alpha value is -1.98. The van der Waals surface area contributed by atoms with Gasteiger partial charge in [0.2, 0.25) is 0 Å². The van der Waals surface area contributed by atoms with Crippen molar-refractivity contribution in [3.63, 3.8) is 0 Å². The molecular weight excluding hydrogens is 276 g/mol. The topological polar surface area (TPSA) is 63.3 Å². The number of nitrogens with zero attached hydrogens (tertiary/aromatic N) is 4. The van der Waals surface area contributed by atoms with E-state index in [9.17, 15) is 5.11 Å². The standard InChI is InChI=1S/C14H13ClN4O/c1-14(2,20)9-3-4-13-17-6-11(19(13)8-9)10-5-16-7-12(15)18-10/h3-8,20H,1-2H3. The minimum Gasteiger partial charge on any atom is -0.386 e. The van der Waals surface area contributed by atoms with Crippen LogP contribution in [-0.2, 0) is 5.60 Å². The fraction of sp³-hybridized carbons (Fsp3) is 0.214. The van der Waals surface area contributed by atoms with Crippen molar-refractivity contribution in [3.05, 3.63) is 47.6 Å². The summed E-state index contributed by atoms with van der Waals surface area (Å²) in [5, 5.41) is 10.4. The van der Waals surface area contributed by atoms with Crippen LogP contribution >= 0.6 is 11.6 Å². The molecule has 0 unspecified atom stereocenters. The third-order valence-electron chi connectivity index (χ3n) is 3.08. The van der Waals surface area contributed by atoms with Crippen LogP contribution in [0.2, 0.25) is 5.15 Å². The molecule has 0 amide bonds. The normalized spacial score (nSPS) is 12.0. The fourth-order valence-electron chi connectivity index (χ4n) is 2.00. The smallest absolute Gasteiger partial charge is 0.148 e. The van der Waals surface area contributed by atoms with Gasteiger partial charge >= 0.3 is 0 Å². The average Bonchev–Trinajstić information content (AvgIpc) is 2.80. The Labute approximate surface area is 120 Å². The molecule has 0 saturated heterocycles. The lowest BCUT2D eigenvalue weighted by Gasteiger charge is -2.18. The van der Waals surface area contributed by atoms with Crippen LogP contribution in [0.4, 0.5) is 0 Å². The van der Waals surface area contributed by atoms with E-state index in [4.69, 9.17) is 11.6 Å². The van der Waals surface area contributed by atoms with E-state index in [2.05, 4.69) is 15.0 Å². The molecule has 20 heavy (non-hydrogen) atoms. The molecule has 0 atom stereocenters. The van der Waals surface area contributed by atoms with Crippen molar-refractivity contribution in [2.24, 2.45) is 0 Å². The maximum absolute atomic E-state index is 10.1. The Morgan fingerprint density at radius 2 is 2.00 bits per heavy atom. The number of hydrogen-bond donors (Lipinski definition) is 1. The van der Waals surface area contributed by atoms with Crippen LogP contribution in [0, 0.1) is 0 Å². The van der Waals surface area contributed by atoms with E-state index in [-0.39, 0.29) is 0 Å². The Morgan fingerprint density at radius 1 is 1.20 bits per heavy atom. The van der Waals surface area contributed by atoms with Gasteiger partial charge in [0.15, 0.2) is 0 Å². The molecule has 3 aromatic rings. The predicted molar refractivity (Wildman–Crippen MR) is 76.5 cm³/mol. The lowest BCUT2D eigenvalue weighted by molar-refractivity contribution is 0.0782. The Kier molecular flexibility index (Phi) is 2.96. The average molecular weight is 289 g/mol. The number of hydrogen-bond acceptors (Lipinski definition) is 4. The quantitative estimate of drug-likeness (QED) is 0.787. The lowest BCUT2D eigenvalue weighted by Crippen LogP contribution is -2.16. The maximum Gasteiger partial charge on any atom is 0.148 e. The minimum atomic E-state index is -0.921. The zero-order valence-electron chi connectivity index (χ0n) is 11.1. The van der Waals surface area contributed by atoms with E-state index in [0.717, 1.165) is 16.9 Å². The van der Waals surface area contributed by atoms with Gasteiger partial charge in [-0.3, -0.25) is 9.38 Å². The van der Waals surface area contributed by atoms with Crippen molar-refractivity contribution < 1.29 is 5.11 Å². The van der Waals surface area contributed by atoms with Crippen molar-refractivity contribution in [1.29, 1.82) is 0 Å². The molecule has 102 valence electrons. The molecule has 0 aromatic carbocycles. The van der Waals surface area contributed by atoms with E-state index in [1.165, 1.54) is 6.20 Å². The Morgan fingerprint density at radius 3 is 2.70 bits per heavy atom. The molecule has 0 saturated carbocycles. The van der Waals surface area contributed by atoms with Crippen LogP contribution in [-0.4, -0.2) is 24.5 Å². The molecule has 3 aromatic heterocycles. The maximum atomic E-state index is 10.1. The molecule has 0 aliphatic rings. The Balaban J connectivity index is 2.22. The van der Waals surface area contributed by atoms with Crippen molar-refractivity contribution in [2.75, 3.05) is 0 Å². The van der Waals surface area contributed by atoms with Crippen LogP contribution in [0.5, 0.6) is 0 Å². The van der Waals surface area contributed by atoms with Crippen LogP contribution in [0.25, 0.3) is 17.0 Å². The van der Waals surface area contributed by atoms with Crippen molar-refractivity contribution in [2.45, 2.75) is 19.4 Å².